The summed E-state index contributed by atoms with van der Waals surface area (Å²) in [6, 6.07) is 1.47. The van der Waals surface area contributed by atoms with Crippen LogP contribution in [-0.4, -0.2) is 18.4 Å². The molecule has 2 rings (SSSR count). The molecule has 2 aliphatic rings. The smallest absolute Gasteiger partial charge is 0.123 e. The van der Waals surface area contributed by atoms with Gasteiger partial charge in [-0.05, 0) is 25.7 Å². The van der Waals surface area contributed by atoms with Gasteiger partial charge in [-0.2, -0.15) is 0 Å². The highest BCUT2D eigenvalue weighted by Gasteiger charge is 2.32. The molecule has 0 bridgehead atoms. The van der Waals surface area contributed by atoms with E-state index in [0.717, 1.165) is 25.2 Å². The Kier molecular flexibility index (Phi) is 1.49. The molecule has 56 valence electrons. The van der Waals surface area contributed by atoms with Crippen LogP contribution in [0.5, 0.6) is 0 Å². The molecule has 0 aromatic rings. The first-order valence-electron chi connectivity index (χ1n) is 4.10. The summed E-state index contributed by atoms with van der Waals surface area (Å²) in [5, 5.41) is 3.50. The van der Waals surface area contributed by atoms with Gasteiger partial charge in [0.15, 0.2) is 0 Å². The molecule has 0 heterocycles. The third-order valence-electron chi connectivity index (χ3n) is 2.42. The van der Waals surface area contributed by atoms with Crippen LogP contribution in [0.1, 0.15) is 25.7 Å². The third kappa shape index (κ3) is 1.21. The molecule has 2 fully saturated rings. The number of aldehydes is 1. The maximum absolute atomic E-state index is 10.2. The quantitative estimate of drug-likeness (QED) is 0.584. The van der Waals surface area contributed by atoms with Crippen LogP contribution in [0.2, 0.25) is 0 Å². The second-order valence-corrected chi connectivity index (χ2v) is 3.51. The summed E-state index contributed by atoms with van der Waals surface area (Å²) in [5.74, 6) is 0.372. The average molecular weight is 139 g/mol. The van der Waals surface area contributed by atoms with Crippen LogP contribution >= 0.6 is 0 Å². The van der Waals surface area contributed by atoms with Gasteiger partial charge < -0.3 is 10.1 Å². The van der Waals surface area contributed by atoms with Crippen LogP contribution in [0.3, 0.4) is 0 Å². The summed E-state index contributed by atoms with van der Waals surface area (Å²) in [6.07, 6.45) is 5.95. The Bertz CT molecular complexity index is 136. The molecular weight excluding hydrogens is 126 g/mol. The molecule has 0 atom stereocenters. The fraction of sp³-hybridized carbons (Fsp3) is 0.875. The van der Waals surface area contributed by atoms with Crippen LogP contribution in [0.15, 0.2) is 0 Å². The van der Waals surface area contributed by atoms with Crippen molar-refractivity contribution in [2.75, 3.05) is 0 Å². The van der Waals surface area contributed by atoms with E-state index >= 15 is 0 Å². The van der Waals surface area contributed by atoms with Crippen LogP contribution in [0.25, 0.3) is 0 Å². The van der Waals surface area contributed by atoms with E-state index in [2.05, 4.69) is 5.32 Å². The zero-order chi connectivity index (χ0) is 6.97. The van der Waals surface area contributed by atoms with E-state index in [0.29, 0.717) is 12.0 Å². The lowest BCUT2D eigenvalue weighted by atomic mass is 9.81. The van der Waals surface area contributed by atoms with Crippen molar-refractivity contribution < 1.29 is 4.79 Å². The Hall–Kier alpha value is -0.370. The molecule has 0 unspecified atom stereocenters. The second-order valence-electron chi connectivity index (χ2n) is 3.51. The Morgan fingerprint density at radius 2 is 1.90 bits per heavy atom. The van der Waals surface area contributed by atoms with Crippen LogP contribution in [0, 0.1) is 5.92 Å². The largest absolute Gasteiger partial charge is 0.311 e. The van der Waals surface area contributed by atoms with Gasteiger partial charge in [-0.3, -0.25) is 0 Å². The SMILES string of the molecule is O=CC1CC(NC2CC2)C1. The van der Waals surface area contributed by atoms with Crippen LogP contribution in [-0.2, 0) is 4.79 Å². The summed E-state index contributed by atoms with van der Waals surface area (Å²) < 4.78 is 0. The summed E-state index contributed by atoms with van der Waals surface area (Å²) in [6.45, 7) is 0. The Labute approximate surface area is 61.0 Å². The van der Waals surface area contributed by atoms with Gasteiger partial charge in [0.2, 0.25) is 0 Å². The number of rotatable bonds is 3. The van der Waals surface area contributed by atoms with Gasteiger partial charge in [0.25, 0.3) is 0 Å². The number of hydrogen-bond donors (Lipinski definition) is 1. The van der Waals surface area contributed by atoms with E-state index in [1.807, 2.05) is 0 Å². The van der Waals surface area contributed by atoms with Crippen molar-refractivity contribution in [2.45, 2.75) is 37.8 Å². The minimum absolute atomic E-state index is 0.372. The van der Waals surface area contributed by atoms with E-state index in [4.69, 9.17) is 0 Å². The molecule has 0 aromatic heterocycles. The molecule has 2 nitrogen and oxygen atoms in total. The molecule has 2 saturated carbocycles. The average Bonchev–Trinajstić information content (AvgIpc) is 2.60. The normalized spacial score (nSPS) is 38.8. The number of nitrogens with one attached hydrogen (secondary N) is 1. The van der Waals surface area contributed by atoms with Crippen LogP contribution in [0.4, 0.5) is 0 Å². The lowest BCUT2D eigenvalue weighted by Crippen LogP contribution is -2.42. The molecular formula is C8H13NO. The number of carbonyl (C=O) groups is 1. The number of hydrogen-bond acceptors (Lipinski definition) is 2. The fourth-order valence-corrected chi connectivity index (χ4v) is 1.49. The highest BCUT2D eigenvalue weighted by atomic mass is 16.1. The zero-order valence-electron chi connectivity index (χ0n) is 6.05. The first-order chi connectivity index (χ1) is 4.88. The molecule has 10 heavy (non-hydrogen) atoms. The third-order valence-corrected chi connectivity index (χ3v) is 2.42. The van der Waals surface area contributed by atoms with Gasteiger partial charge >= 0.3 is 0 Å². The summed E-state index contributed by atoms with van der Waals surface area (Å²) in [7, 11) is 0. The first-order valence-corrected chi connectivity index (χ1v) is 4.10. The minimum Gasteiger partial charge on any atom is -0.311 e. The molecule has 2 aliphatic carbocycles. The minimum atomic E-state index is 0.372. The predicted molar refractivity (Wildman–Crippen MR) is 38.7 cm³/mol. The Morgan fingerprint density at radius 3 is 2.40 bits per heavy atom. The van der Waals surface area contributed by atoms with Gasteiger partial charge in [-0.25, -0.2) is 0 Å². The standard InChI is InChI=1S/C8H13NO/c10-5-6-3-8(4-6)9-7-1-2-7/h5-9H,1-4H2. The van der Waals surface area contributed by atoms with Crippen molar-refractivity contribution in [2.24, 2.45) is 5.92 Å². The maximum atomic E-state index is 10.2. The number of carbonyl (C=O) groups excluding carboxylic acids is 1. The van der Waals surface area contributed by atoms with Gasteiger partial charge in [0, 0.05) is 18.0 Å². The fourth-order valence-electron chi connectivity index (χ4n) is 1.49. The van der Waals surface area contributed by atoms with E-state index in [1.165, 1.54) is 12.8 Å². The molecule has 0 saturated heterocycles. The van der Waals surface area contributed by atoms with Crippen molar-refractivity contribution in [3.05, 3.63) is 0 Å². The molecule has 0 aliphatic heterocycles. The zero-order valence-corrected chi connectivity index (χ0v) is 6.05. The van der Waals surface area contributed by atoms with Crippen molar-refractivity contribution in [3.8, 4) is 0 Å². The van der Waals surface area contributed by atoms with Crippen molar-refractivity contribution in [3.63, 3.8) is 0 Å². The van der Waals surface area contributed by atoms with Gasteiger partial charge in [-0.15, -0.1) is 0 Å². The molecule has 0 aromatic carbocycles. The van der Waals surface area contributed by atoms with E-state index in [1.54, 1.807) is 0 Å². The summed E-state index contributed by atoms with van der Waals surface area (Å²) in [5.41, 5.74) is 0. The van der Waals surface area contributed by atoms with E-state index < -0.39 is 0 Å². The summed E-state index contributed by atoms with van der Waals surface area (Å²) in [4.78, 5) is 10.2. The molecule has 0 radical (unpaired) electrons. The topological polar surface area (TPSA) is 29.1 Å². The van der Waals surface area contributed by atoms with Crippen LogP contribution < -0.4 is 5.32 Å². The van der Waals surface area contributed by atoms with Gasteiger partial charge in [0.05, 0.1) is 0 Å². The lowest BCUT2D eigenvalue weighted by molar-refractivity contribution is -0.113. The molecule has 0 spiro atoms. The Morgan fingerprint density at radius 1 is 1.20 bits per heavy atom. The lowest BCUT2D eigenvalue weighted by Gasteiger charge is -2.32. The first kappa shape index (κ1) is 6.35. The summed E-state index contributed by atoms with van der Waals surface area (Å²) >= 11 is 0. The maximum Gasteiger partial charge on any atom is 0.123 e. The highest BCUT2D eigenvalue weighted by Crippen LogP contribution is 2.29. The molecule has 2 heteroatoms. The predicted octanol–water partition coefficient (Wildman–Crippen LogP) is 0.716. The highest BCUT2D eigenvalue weighted by molar-refractivity contribution is 5.55. The van der Waals surface area contributed by atoms with Crippen molar-refractivity contribution in [1.82, 2.24) is 5.32 Å². The molecule has 1 N–H and O–H groups in total. The van der Waals surface area contributed by atoms with Crippen molar-refractivity contribution in [1.29, 1.82) is 0 Å². The van der Waals surface area contributed by atoms with Gasteiger partial charge in [0.1, 0.15) is 6.29 Å². The van der Waals surface area contributed by atoms with Crippen molar-refractivity contribution >= 4 is 6.29 Å². The second kappa shape index (κ2) is 2.35. The van der Waals surface area contributed by atoms with Gasteiger partial charge in [-0.1, -0.05) is 0 Å². The monoisotopic (exact) mass is 139 g/mol. The Balaban J connectivity index is 1.64. The van der Waals surface area contributed by atoms with E-state index in [-0.39, 0.29) is 0 Å². The molecule has 0 amide bonds. The van der Waals surface area contributed by atoms with E-state index in [9.17, 15) is 4.79 Å².